The van der Waals surface area contributed by atoms with Gasteiger partial charge in [-0.3, -0.25) is 19.5 Å². The van der Waals surface area contributed by atoms with Gasteiger partial charge in [-0.2, -0.15) is 0 Å². The first-order chi connectivity index (χ1) is 14.2. The number of aliphatic hydroxyl groups is 1. The molecule has 158 valence electrons. The van der Waals surface area contributed by atoms with Crippen molar-refractivity contribution >= 4 is 18.8 Å². The van der Waals surface area contributed by atoms with Crippen molar-refractivity contribution in [1.82, 2.24) is 9.88 Å². The zero-order valence-electron chi connectivity index (χ0n) is 17.4. The summed E-state index contributed by atoms with van der Waals surface area (Å²) in [6, 6.07) is 8.51. The fraction of sp³-hybridized carbons (Fsp3) is 0.391. The van der Waals surface area contributed by atoms with Crippen LogP contribution in [-0.2, 0) is 20.9 Å². The topological polar surface area (TPSA) is 96.8 Å². The van der Waals surface area contributed by atoms with Crippen LogP contribution in [0.2, 0.25) is 0 Å². The Bertz CT molecular complexity index is 939. The number of hydrogen-bond acceptors (Lipinski definition) is 6. The second-order valence-corrected chi connectivity index (χ2v) is 8.45. The molecule has 2 aromatic rings. The molecule has 1 saturated carbocycles. The Hall–Kier alpha value is -3.06. The number of hydrogen-bond donors (Lipinski definition) is 1. The fourth-order valence-corrected chi connectivity index (χ4v) is 3.34. The third kappa shape index (κ3) is 5.10. The van der Waals surface area contributed by atoms with E-state index in [1.54, 1.807) is 51.2 Å². The van der Waals surface area contributed by atoms with E-state index < -0.39 is 17.7 Å². The lowest BCUT2D eigenvalue weighted by atomic mass is 9.92. The molecule has 0 saturated heterocycles. The van der Waals surface area contributed by atoms with Crippen LogP contribution in [0.1, 0.15) is 78.4 Å². The molecule has 1 heterocycles. The zero-order valence-corrected chi connectivity index (χ0v) is 17.4. The van der Waals surface area contributed by atoms with E-state index >= 15 is 0 Å². The van der Waals surface area contributed by atoms with Crippen molar-refractivity contribution in [2.45, 2.75) is 57.8 Å². The lowest BCUT2D eigenvalue weighted by Gasteiger charge is -2.22. The first kappa shape index (κ1) is 21.6. The minimum absolute atomic E-state index is 0.0360. The second-order valence-electron chi connectivity index (χ2n) is 8.45. The maximum atomic E-state index is 12.4. The van der Waals surface area contributed by atoms with Gasteiger partial charge in [0.1, 0.15) is 11.7 Å². The Labute approximate surface area is 175 Å². The Morgan fingerprint density at radius 1 is 1.27 bits per heavy atom. The minimum Gasteiger partial charge on any atom is -0.456 e. The van der Waals surface area contributed by atoms with Gasteiger partial charge in [-0.05, 0) is 68.9 Å². The standard InChI is InChI=1S/C23H26N2O5/c1-23(2,3)30-22(29)17-6-4-5-16(11-17)21(28)20-18(15-7-8-15)9-10-24-19(20)12-25(13-26)14-27/h4-6,9-11,13-15,21,28H,7-8,12H2,1-3H3. The van der Waals surface area contributed by atoms with Gasteiger partial charge in [0.25, 0.3) is 0 Å². The van der Waals surface area contributed by atoms with E-state index in [1.165, 1.54) is 0 Å². The molecular weight excluding hydrogens is 384 g/mol. The molecular formula is C23H26N2O5. The molecule has 1 unspecified atom stereocenters. The molecule has 1 aliphatic carbocycles. The summed E-state index contributed by atoms with van der Waals surface area (Å²) in [5.41, 5.74) is 2.20. The molecule has 1 atom stereocenters. The predicted octanol–water partition coefficient (Wildman–Crippen LogP) is 3.11. The Kier molecular flexibility index (Phi) is 6.31. The van der Waals surface area contributed by atoms with E-state index in [4.69, 9.17) is 4.74 Å². The van der Waals surface area contributed by atoms with Gasteiger partial charge >= 0.3 is 5.97 Å². The molecule has 7 heteroatoms. The number of benzene rings is 1. The molecule has 0 spiro atoms. The van der Waals surface area contributed by atoms with E-state index in [0.29, 0.717) is 41.1 Å². The molecule has 3 rings (SSSR count). The lowest BCUT2D eigenvalue weighted by molar-refractivity contribution is -0.130. The van der Waals surface area contributed by atoms with Crippen molar-refractivity contribution in [3.05, 3.63) is 64.5 Å². The summed E-state index contributed by atoms with van der Waals surface area (Å²) in [7, 11) is 0. The zero-order chi connectivity index (χ0) is 21.9. The molecule has 0 radical (unpaired) electrons. The predicted molar refractivity (Wildman–Crippen MR) is 110 cm³/mol. The molecule has 0 bridgehead atoms. The van der Waals surface area contributed by atoms with Crippen LogP contribution in [-0.4, -0.2) is 39.4 Å². The average Bonchev–Trinajstić information content (AvgIpc) is 3.55. The normalized spacial score (nSPS) is 14.7. The van der Waals surface area contributed by atoms with Crippen molar-refractivity contribution in [1.29, 1.82) is 0 Å². The van der Waals surface area contributed by atoms with Gasteiger partial charge in [-0.15, -0.1) is 0 Å². The highest BCUT2D eigenvalue weighted by molar-refractivity contribution is 5.90. The molecule has 1 aromatic carbocycles. The Balaban J connectivity index is 1.99. The van der Waals surface area contributed by atoms with Crippen LogP contribution in [0.15, 0.2) is 36.5 Å². The van der Waals surface area contributed by atoms with E-state index in [0.717, 1.165) is 23.3 Å². The van der Waals surface area contributed by atoms with Crippen molar-refractivity contribution in [3.8, 4) is 0 Å². The van der Waals surface area contributed by atoms with E-state index in [1.807, 2.05) is 6.07 Å². The molecule has 1 fully saturated rings. The summed E-state index contributed by atoms with van der Waals surface area (Å²) < 4.78 is 5.42. The number of esters is 1. The third-order valence-corrected chi connectivity index (χ3v) is 4.84. The van der Waals surface area contributed by atoms with E-state index in [-0.39, 0.29) is 6.54 Å². The maximum absolute atomic E-state index is 12.4. The van der Waals surface area contributed by atoms with Crippen LogP contribution < -0.4 is 0 Å². The first-order valence-electron chi connectivity index (χ1n) is 9.89. The van der Waals surface area contributed by atoms with Gasteiger partial charge < -0.3 is 9.84 Å². The summed E-state index contributed by atoms with van der Waals surface area (Å²) >= 11 is 0. The Morgan fingerprint density at radius 3 is 2.57 bits per heavy atom. The highest BCUT2D eigenvalue weighted by atomic mass is 16.6. The number of imide groups is 1. The average molecular weight is 410 g/mol. The number of ether oxygens (including phenoxy) is 1. The molecule has 2 amide bonds. The van der Waals surface area contributed by atoms with Crippen LogP contribution >= 0.6 is 0 Å². The van der Waals surface area contributed by atoms with E-state index in [2.05, 4.69) is 4.98 Å². The summed E-state index contributed by atoms with van der Waals surface area (Å²) in [6.07, 6.45) is 3.43. The second kappa shape index (κ2) is 8.75. The summed E-state index contributed by atoms with van der Waals surface area (Å²) in [5, 5.41) is 11.2. The number of carbonyl (C=O) groups excluding carboxylic acids is 3. The summed E-state index contributed by atoms with van der Waals surface area (Å²) in [4.78, 5) is 39.9. The minimum atomic E-state index is -1.06. The van der Waals surface area contributed by atoms with Crippen molar-refractivity contribution in [2.24, 2.45) is 0 Å². The molecule has 0 aliphatic heterocycles. The van der Waals surface area contributed by atoms with Crippen molar-refractivity contribution in [2.75, 3.05) is 0 Å². The van der Waals surface area contributed by atoms with Gasteiger partial charge in [0.15, 0.2) is 0 Å². The lowest BCUT2D eigenvalue weighted by Crippen LogP contribution is -2.24. The monoisotopic (exact) mass is 410 g/mol. The van der Waals surface area contributed by atoms with Crippen LogP contribution in [0, 0.1) is 0 Å². The first-order valence-corrected chi connectivity index (χ1v) is 9.89. The van der Waals surface area contributed by atoms with Crippen molar-refractivity contribution < 1.29 is 24.2 Å². The summed E-state index contributed by atoms with van der Waals surface area (Å²) in [6.45, 7) is 5.34. The number of rotatable bonds is 8. The van der Waals surface area contributed by atoms with Crippen LogP contribution in [0.3, 0.4) is 0 Å². The maximum Gasteiger partial charge on any atom is 0.338 e. The van der Waals surface area contributed by atoms with Gasteiger partial charge in [0, 0.05) is 11.8 Å². The SMILES string of the molecule is CC(C)(C)OC(=O)c1cccc(C(O)c2c(C3CC3)ccnc2CN(C=O)C=O)c1. The molecule has 30 heavy (non-hydrogen) atoms. The molecule has 1 N–H and O–H groups in total. The fourth-order valence-electron chi connectivity index (χ4n) is 3.34. The number of aromatic nitrogens is 1. The summed E-state index contributed by atoms with van der Waals surface area (Å²) in [5.74, 6) is -0.162. The van der Waals surface area contributed by atoms with Crippen LogP contribution in [0.25, 0.3) is 0 Å². The number of carbonyl (C=O) groups is 3. The number of pyridine rings is 1. The van der Waals surface area contributed by atoms with Gasteiger partial charge in [-0.25, -0.2) is 4.79 Å². The number of nitrogens with zero attached hydrogens (tertiary/aromatic N) is 2. The molecule has 7 nitrogen and oxygen atoms in total. The quantitative estimate of drug-likeness (QED) is 0.531. The third-order valence-electron chi connectivity index (χ3n) is 4.84. The van der Waals surface area contributed by atoms with Crippen LogP contribution in [0.5, 0.6) is 0 Å². The van der Waals surface area contributed by atoms with Gasteiger partial charge in [0.2, 0.25) is 12.8 Å². The highest BCUT2D eigenvalue weighted by Crippen LogP contribution is 2.44. The largest absolute Gasteiger partial charge is 0.456 e. The van der Waals surface area contributed by atoms with Gasteiger partial charge in [-0.1, -0.05) is 12.1 Å². The van der Waals surface area contributed by atoms with Crippen molar-refractivity contribution in [3.63, 3.8) is 0 Å². The Morgan fingerprint density at radius 2 is 1.97 bits per heavy atom. The smallest absolute Gasteiger partial charge is 0.338 e. The van der Waals surface area contributed by atoms with Crippen LogP contribution in [0.4, 0.5) is 0 Å². The van der Waals surface area contributed by atoms with E-state index in [9.17, 15) is 19.5 Å². The number of aliphatic hydroxyl groups excluding tert-OH is 1. The number of amides is 2. The highest BCUT2D eigenvalue weighted by Gasteiger charge is 2.31. The van der Waals surface area contributed by atoms with Gasteiger partial charge in [0.05, 0.1) is 17.8 Å². The molecule has 1 aliphatic rings. The molecule has 1 aromatic heterocycles.